The van der Waals surface area contributed by atoms with Crippen molar-refractivity contribution < 1.29 is 4.79 Å². The lowest BCUT2D eigenvalue weighted by atomic mass is 9.81. The summed E-state index contributed by atoms with van der Waals surface area (Å²) < 4.78 is 1.01. The van der Waals surface area contributed by atoms with Gasteiger partial charge in [0.05, 0.1) is 11.5 Å². The minimum Gasteiger partial charge on any atom is -0.349 e. The van der Waals surface area contributed by atoms with Gasteiger partial charge < -0.3 is 10.6 Å². The van der Waals surface area contributed by atoms with Gasteiger partial charge in [-0.3, -0.25) is 10.2 Å². The lowest BCUT2D eigenvalue weighted by molar-refractivity contribution is -0.113. The molecule has 1 unspecified atom stereocenters. The van der Waals surface area contributed by atoms with Crippen molar-refractivity contribution in [2.45, 2.75) is 19.8 Å². The van der Waals surface area contributed by atoms with E-state index in [2.05, 4.69) is 39.1 Å². The van der Waals surface area contributed by atoms with E-state index in [1.54, 1.807) is 0 Å². The third kappa shape index (κ3) is 3.88. The Morgan fingerprint density at radius 2 is 1.85 bits per heavy atom. The van der Waals surface area contributed by atoms with Crippen LogP contribution in [0.15, 0.2) is 65.4 Å². The van der Waals surface area contributed by atoms with E-state index in [0.717, 1.165) is 20.4 Å². The summed E-state index contributed by atoms with van der Waals surface area (Å²) in [7, 11) is 0. The molecule has 0 bridgehead atoms. The van der Waals surface area contributed by atoms with Gasteiger partial charge in [0.25, 0.3) is 5.91 Å². The first kappa shape index (κ1) is 19.5. The Balaban J connectivity index is 2.12. The molecule has 0 radical (unpaired) electrons. The average molecular weight is 487 g/mol. The first-order valence-corrected chi connectivity index (χ1v) is 9.85. The minimum absolute atomic E-state index is 0.214. The molecule has 1 aliphatic heterocycles. The van der Waals surface area contributed by atoms with Gasteiger partial charge in [0.15, 0.2) is 0 Å². The number of benzene rings is 2. The molecule has 3 N–H and O–H groups in total. The zero-order chi connectivity index (χ0) is 19.6. The molecule has 136 valence electrons. The van der Waals surface area contributed by atoms with Crippen molar-refractivity contribution in [3.8, 4) is 0 Å². The highest BCUT2D eigenvalue weighted by molar-refractivity contribution is 14.1. The largest absolute Gasteiger partial charge is 0.349 e. The van der Waals surface area contributed by atoms with Gasteiger partial charge in [-0.15, -0.1) is 0 Å². The van der Waals surface area contributed by atoms with E-state index < -0.39 is 5.92 Å². The summed E-state index contributed by atoms with van der Waals surface area (Å²) in [5, 5.41) is 13.8. The van der Waals surface area contributed by atoms with Crippen LogP contribution in [0.4, 0.5) is 5.69 Å². The first-order valence-electron chi connectivity index (χ1n) is 8.37. The van der Waals surface area contributed by atoms with Crippen LogP contribution in [-0.4, -0.2) is 16.8 Å². The number of halogens is 1. The third-order valence-corrected chi connectivity index (χ3v) is 5.82. The number of carbonyl (C=O) groups is 1. The molecule has 27 heavy (non-hydrogen) atoms. The van der Waals surface area contributed by atoms with Crippen molar-refractivity contribution in [1.29, 1.82) is 5.41 Å². The van der Waals surface area contributed by atoms with Gasteiger partial charge in [0, 0.05) is 20.5 Å². The fourth-order valence-corrected chi connectivity index (χ4v) is 4.17. The second-order valence-corrected chi connectivity index (χ2v) is 7.83. The average Bonchev–Trinajstić information content (AvgIpc) is 2.63. The number of amides is 1. The Kier molecular flexibility index (Phi) is 5.89. The van der Waals surface area contributed by atoms with E-state index in [4.69, 9.17) is 17.6 Å². The molecule has 2 aromatic carbocycles. The highest BCUT2D eigenvalue weighted by Crippen LogP contribution is 2.38. The van der Waals surface area contributed by atoms with Crippen molar-refractivity contribution in [3.63, 3.8) is 0 Å². The maximum atomic E-state index is 13.2. The Morgan fingerprint density at radius 1 is 1.19 bits per heavy atom. The number of hydrogen-bond acceptors (Lipinski definition) is 3. The predicted molar refractivity (Wildman–Crippen MR) is 121 cm³/mol. The highest BCUT2D eigenvalue weighted by Gasteiger charge is 2.35. The van der Waals surface area contributed by atoms with Gasteiger partial charge >= 0.3 is 0 Å². The van der Waals surface area contributed by atoms with Crippen LogP contribution in [-0.2, 0) is 4.79 Å². The van der Waals surface area contributed by atoms with Gasteiger partial charge in [-0.25, -0.2) is 0 Å². The van der Waals surface area contributed by atoms with Crippen molar-refractivity contribution in [2.75, 3.05) is 5.32 Å². The van der Waals surface area contributed by atoms with Crippen LogP contribution in [0.25, 0.3) is 0 Å². The van der Waals surface area contributed by atoms with Gasteiger partial charge in [-0.2, -0.15) is 0 Å². The summed E-state index contributed by atoms with van der Waals surface area (Å²) in [5.74, 6) is 1.81. The number of thiocarbonyl (C=S) groups is 1. The number of rotatable bonds is 3. The van der Waals surface area contributed by atoms with Crippen molar-refractivity contribution >= 4 is 57.3 Å². The molecular weight excluding hydrogens is 469 g/mol. The number of hydrogen-bond donors (Lipinski definition) is 3. The standard InChI is InChI=1S/C21H18IN3OS/c1-12-7-3-6-10-17(12)25-20(26)18-13(2)24-21(27)15(11-23)19(18)14-8-4-5-9-16(14)22/h3-10,19,23H,1-2H3,(H,24,27)(H,25,26). The molecule has 0 saturated heterocycles. The zero-order valence-electron chi connectivity index (χ0n) is 14.9. The Hall–Kier alpha value is -2.28. The molecule has 4 nitrogen and oxygen atoms in total. The molecule has 1 aliphatic rings. The number of allylic oxidation sites excluding steroid dienone is 1. The molecule has 1 atom stereocenters. The van der Waals surface area contributed by atoms with Crippen molar-refractivity contribution in [3.05, 3.63) is 80.1 Å². The quantitative estimate of drug-likeness (QED) is 0.255. The van der Waals surface area contributed by atoms with Crippen LogP contribution in [0.5, 0.6) is 0 Å². The highest BCUT2D eigenvalue weighted by atomic mass is 127. The number of aryl methyl sites for hydroxylation is 1. The van der Waals surface area contributed by atoms with E-state index >= 15 is 0 Å². The fourth-order valence-electron chi connectivity index (χ4n) is 3.15. The second kappa shape index (κ2) is 8.17. The Bertz CT molecular complexity index is 1020. The van der Waals surface area contributed by atoms with Crippen LogP contribution in [0, 0.1) is 15.9 Å². The fraction of sp³-hybridized carbons (Fsp3) is 0.143. The summed E-state index contributed by atoms with van der Waals surface area (Å²) in [6.07, 6.45) is 0. The SMILES string of the molecule is CC1=C(C(=O)Nc2ccccc2C)C(c2ccccc2I)C(=C=N)C(=S)N1. The topological polar surface area (TPSA) is 65.0 Å². The summed E-state index contributed by atoms with van der Waals surface area (Å²) >= 11 is 7.66. The molecule has 3 rings (SSSR count). The Labute approximate surface area is 177 Å². The Morgan fingerprint density at radius 3 is 2.52 bits per heavy atom. The molecular formula is C21H18IN3OS. The maximum Gasteiger partial charge on any atom is 0.254 e. The van der Waals surface area contributed by atoms with E-state index in [1.165, 1.54) is 0 Å². The lowest BCUT2D eigenvalue weighted by Gasteiger charge is -2.30. The van der Waals surface area contributed by atoms with Gasteiger partial charge in [-0.1, -0.05) is 48.6 Å². The second-order valence-electron chi connectivity index (χ2n) is 6.26. The van der Waals surface area contributed by atoms with Crippen molar-refractivity contribution in [1.82, 2.24) is 5.32 Å². The van der Waals surface area contributed by atoms with E-state index in [9.17, 15) is 4.79 Å². The van der Waals surface area contributed by atoms with Crippen molar-refractivity contribution in [2.24, 2.45) is 0 Å². The molecule has 0 aromatic heterocycles. The number of para-hydroxylation sites is 1. The van der Waals surface area contributed by atoms with Crippen LogP contribution in [0.2, 0.25) is 0 Å². The number of nitrogens with one attached hydrogen (secondary N) is 3. The van der Waals surface area contributed by atoms with Crippen LogP contribution >= 0.6 is 34.8 Å². The predicted octanol–water partition coefficient (Wildman–Crippen LogP) is 4.70. The number of anilines is 1. The first-order chi connectivity index (χ1) is 12.9. The molecule has 1 amide bonds. The summed E-state index contributed by atoms with van der Waals surface area (Å²) in [6, 6.07) is 15.5. The monoisotopic (exact) mass is 487 g/mol. The smallest absolute Gasteiger partial charge is 0.254 e. The maximum absolute atomic E-state index is 13.2. The van der Waals surface area contributed by atoms with Crippen LogP contribution in [0.3, 0.4) is 0 Å². The molecule has 1 heterocycles. The van der Waals surface area contributed by atoms with E-state index in [0.29, 0.717) is 21.8 Å². The molecule has 0 aliphatic carbocycles. The summed E-state index contributed by atoms with van der Waals surface area (Å²) in [4.78, 5) is 13.7. The zero-order valence-corrected chi connectivity index (χ0v) is 17.9. The minimum atomic E-state index is -0.437. The van der Waals surface area contributed by atoms with Gasteiger partial charge in [0.1, 0.15) is 4.99 Å². The molecule has 0 saturated carbocycles. The lowest BCUT2D eigenvalue weighted by Crippen LogP contribution is -2.37. The molecule has 6 heteroatoms. The molecule has 0 fully saturated rings. The van der Waals surface area contributed by atoms with Crippen LogP contribution in [0.1, 0.15) is 24.0 Å². The van der Waals surface area contributed by atoms with E-state index in [1.807, 2.05) is 62.4 Å². The summed E-state index contributed by atoms with van der Waals surface area (Å²) in [5.41, 5.74) is 4.41. The summed E-state index contributed by atoms with van der Waals surface area (Å²) in [6.45, 7) is 3.79. The van der Waals surface area contributed by atoms with Gasteiger partial charge in [-0.05, 0) is 65.6 Å². The molecule has 2 aromatic rings. The number of carbonyl (C=O) groups excluding carboxylic acids is 1. The van der Waals surface area contributed by atoms with Crippen LogP contribution < -0.4 is 10.6 Å². The third-order valence-electron chi connectivity index (χ3n) is 4.52. The molecule has 0 spiro atoms. The van der Waals surface area contributed by atoms with Gasteiger partial charge in [0.2, 0.25) is 0 Å². The normalized spacial score (nSPS) is 16.6. The van der Waals surface area contributed by atoms with E-state index in [-0.39, 0.29) is 5.91 Å².